The molecule has 1 saturated heterocycles. The summed E-state index contributed by atoms with van der Waals surface area (Å²) >= 11 is 0. The van der Waals surface area contributed by atoms with Gasteiger partial charge in [0.05, 0.1) is 13.3 Å². The van der Waals surface area contributed by atoms with Crippen molar-refractivity contribution in [2.24, 2.45) is 0 Å². The first-order valence-corrected chi connectivity index (χ1v) is 9.13. The number of fused-ring (bicyclic) bond motifs is 2. The van der Waals surface area contributed by atoms with Gasteiger partial charge in [0.2, 0.25) is 5.88 Å². The Morgan fingerprint density at radius 1 is 1.26 bits per heavy atom. The molecule has 0 aliphatic carbocycles. The lowest BCUT2D eigenvalue weighted by Crippen LogP contribution is -2.49. The molecule has 27 heavy (non-hydrogen) atoms. The summed E-state index contributed by atoms with van der Waals surface area (Å²) in [5.74, 6) is 1.28. The number of furan rings is 1. The molecule has 0 spiro atoms. The predicted octanol–water partition coefficient (Wildman–Crippen LogP) is 2.95. The second kappa shape index (κ2) is 6.28. The third kappa shape index (κ3) is 2.62. The number of rotatable bonds is 3. The monoisotopic (exact) mass is 363 g/mol. The van der Waals surface area contributed by atoms with Crippen LogP contribution in [0.15, 0.2) is 47.0 Å². The highest BCUT2D eigenvalue weighted by Crippen LogP contribution is 2.35. The summed E-state index contributed by atoms with van der Waals surface area (Å²) in [5, 5.41) is 9.03. The molecule has 1 aliphatic heterocycles. The molecule has 0 radical (unpaired) electrons. The van der Waals surface area contributed by atoms with E-state index in [4.69, 9.17) is 9.15 Å². The molecule has 0 saturated carbocycles. The number of hydrogen-bond donors (Lipinski definition) is 1. The SMILES string of the molecule is COc1ccc2ncc(-c3cc4c(N5CCNCC5C)cccc4o3)n2n1. The summed E-state index contributed by atoms with van der Waals surface area (Å²) in [6, 6.07) is 12.4. The normalized spacial score (nSPS) is 17.7. The van der Waals surface area contributed by atoms with Crippen molar-refractivity contribution in [1.29, 1.82) is 0 Å². The van der Waals surface area contributed by atoms with E-state index in [0.29, 0.717) is 11.9 Å². The van der Waals surface area contributed by atoms with Gasteiger partial charge in [0.1, 0.15) is 11.3 Å². The van der Waals surface area contributed by atoms with Gasteiger partial charge in [-0.25, -0.2) is 9.50 Å². The number of hydrogen-bond acceptors (Lipinski definition) is 6. The molecular formula is C20H21N5O2. The van der Waals surface area contributed by atoms with Crippen molar-refractivity contribution in [2.45, 2.75) is 13.0 Å². The van der Waals surface area contributed by atoms with Crippen LogP contribution in [0.1, 0.15) is 6.92 Å². The van der Waals surface area contributed by atoms with E-state index < -0.39 is 0 Å². The lowest BCUT2D eigenvalue weighted by Gasteiger charge is -2.36. The molecule has 1 aromatic carbocycles. The van der Waals surface area contributed by atoms with E-state index in [0.717, 1.165) is 47.7 Å². The first-order valence-electron chi connectivity index (χ1n) is 9.13. The van der Waals surface area contributed by atoms with Crippen molar-refractivity contribution in [3.8, 4) is 17.3 Å². The van der Waals surface area contributed by atoms with E-state index in [2.05, 4.69) is 45.4 Å². The van der Waals surface area contributed by atoms with E-state index in [1.165, 1.54) is 5.69 Å². The standard InChI is InChI=1S/C20H21N5O2/c1-13-11-21-8-9-24(13)15-4-3-5-17-14(15)10-18(27-17)16-12-22-19-6-7-20(26-2)23-25(16)19/h3-7,10,12-13,21H,8-9,11H2,1-2H3. The first kappa shape index (κ1) is 16.1. The van der Waals surface area contributed by atoms with E-state index in [1.807, 2.05) is 12.1 Å². The van der Waals surface area contributed by atoms with Gasteiger partial charge in [-0.15, -0.1) is 5.10 Å². The molecule has 1 N–H and O–H groups in total. The predicted molar refractivity (Wildman–Crippen MR) is 104 cm³/mol. The Kier molecular flexibility index (Phi) is 3.75. The molecule has 1 aliphatic rings. The molecule has 1 unspecified atom stereocenters. The second-order valence-electron chi connectivity index (χ2n) is 6.84. The minimum absolute atomic E-state index is 0.435. The van der Waals surface area contributed by atoms with E-state index in [1.54, 1.807) is 23.9 Å². The van der Waals surface area contributed by atoms with Gasteiger partial charge in [0.25, 0.3) is 0 Å². The number of nitrogens with one attached hydrogen (secondary N) is 1. The number of methoxy groups -OCH3 is 1. The lowest BCUT2D eigenvalue weighted by atomic mass is 10.1. The largest absolute Gasteiger partial charge is 0.480 e. The van der Waals surface area contributed by atoms with Crippen LogP contribution in [0.5, 0.6) is 5.88 Å². The molecule has 4 aromatic rings. The topological polar surface area (TPSA) is 67.8 Å². The minimum Gasteiger partial charge on any atom is -0.480 e. The summed E-state index contributed by atoms with van der Waals surface area (Å²) in [5.41, 5.74) is 3.63. The number of benzene rings is 1. The van der Waals surface area contributed by atoms with Crippen LogP contribution in [-0.2, 0) is 0 Å². The number of imidazole rings is 1. The highest BCUT2D eigenvalue weighted by Gasteiger charge is 2.22. The van der Waals surface area contributed by atoms with Crippen LogP contribution in [-0.4, -0.2) is 47.4 Å². The molecule has 4 heterocycles. The Morgan fingerprint density at radius 3 is 3.04 bits per heavy atom. The number of nitrogens with zero attached hydrogens (tertiary/aromatic N) is 4. The Labute approximate surface area is 156 Å². The Bertz CT molecular complexity index is 1120. The summed E-state index contributed by atoms with van der Waals surface area (Å²) in [7, 11) is 1.60. The summed E-state index contributed by atoms with van der Waals surface area (Å²) in [4.78, 5) is 6.87. The molecule has 0 bridgehead atoms. The van der Waals surface area contributed by atoms with Crippen molar-refractivity contribution in [3.63, 3.8) is 0 Å². The average Bonchev–Trinajstić information content (AvgIpc) is 3.31. The van der Waals surface area contributed by atoms with Crippen LogP contribution >= 0.6 is 0 Å². The molecule has 3 aromatic heterocycles. The van der Waals surface area contributed by atoms with E-state index in [9.17, 15) is 0 Å². The van der Waals surface area contributed by atoms with Gasteiger partial charge >= 0.3 is 0 Å². The van der Waals surface area contributed by atoms with Crippen molar-refractivity contribution in [3.05, 3.63) is 42.6 Å². The summed E-state index contributed by atoms with van der Waals surface area (Å²) in [6.45, 7) is 5.20. The van der Waals surface area contributed by atoms with Gasteiger partial charge in [0, 0.05) is 42.8 Å². The van der Waals surface area contributed by atoms with Crippen LogP contribution in [0.4, 0.5) is 5.69 Å². The van der Waals surface area contributed by atoms with Crippen LogP contribution in [0.25, 0.3) is 28.1 Å². The highest BCUT2D eigenvalue weighted by atomic mass is 16.5. The molecular weight excluding hydrogens is 342 g/mol. The van der Waals surface area contributed by atoms with Crippen molar-refractivity contribution in [2.75, 3.05) is 31.6 Å². The van der Waals surface area contributed by atoms with E-state index in [-0.39, 0.29) is 0 Å². The molecule has 1 atom stereocenters. The molecule has 7 heteroatoms. The fourth-order valence-corrected chi connectivity index (χ4v) is 3.75. The van der Waals surface area contributed by atoms with Gasteiger partial charge in [-0.1, -0.05) is 6.07 Å². The maximum absolute atomic E-state index is 6.18. The second-order valence-corrected chi connectivity index (χ2v) is 6.84. The minimum atomic E-state index is 0.435. The third-order valence-electron chi connectivity index (χ3n) is 5.15. The van der Waals surface area contributed by atoms with Crippen LogP contribution in [0.2, 0.25) is 0 Å². The Hall–Kier alpha value is -3.06. The maximum Gasteiger partial charge on any atom is 0.231 e. The Balaban J connectivity index is 1.64. The first-order chi connectivity index (χ1) is 13.2. The number of aromatic nitrogens is 3. The summed E-state index contributed by atoms with van der Waals surface area (Å²) in [6.07, 6.45) is 1.78. The third-order valence-corrected chi connectivity index (χ3v) is 5.15. The molecule has 138 valence electrons. The average molecular weight is 363 g/mol. The maximum atomic E-state index is 6.18. The zero-order valence-electron chi connectivity index (χ0n) is 15.3. The van der Waals surface area contributed by atoms with Crippen LogP contribution in [0, 0.1) is 0 Å². The highest BCUT2D eigenvalue weighted by molar-refractivity contribution is 5.94. The van der Waals surface area contributed by atoms with Gasteiger partial charge in [-0.2, -0.15) is 0 Å². The zero-order chi connectivity index (χ0) is 18.4. The number of ether oxygens (including phenoxy) is 1. The van der Waals surface area contributed by atoms with Crippen molar-refractivity contribution >= 4 is 22.3 Å². The van der Waals surface area contributed by atoms with Crippen molar-refractivity contribution < 1.29 is 9.15 Å². The quantitative estimate of drug-likeness (QED) is 0.604. The van der Waals surface area contributed by atoms with Gasteiger partial charge in [0.15, 0.2) is 11.4 Å². The van der Waals surface area contributed by atoms with Crippen LogP contribution < -0.4 is 15.0 Å². The lowest BCUT2D eigenvalue weighted by molar-refractivity contribution is 0.390. The van der Waals surface area contributed by atoms with E-state index >= 15 is 0 Å². The number of anilines is 1. The summed E-state index contributed by atoms with van der Waals surface area (Å²) < 4.78 is 13.2. The Morgan fingerprint density at radius 2 is 2.19 bits per heavy atom. The van der Waals surface area contributed by atoms with Crippen molar-refractivity contribution in [1.82, 2.24) is 19.9 Å². The molecule has 7 nitrogen and oxygen atoms in total. The van der Waals surface area contributed by atoms with Gasteiger partial charge in [-0.05, 0) is 31.2 Å². The number of piperazine rings is 1. The zero-order valence-corrected chi connectivity index (χ0v) is 15.3. The molecule has 1 fully saturated rings. The van der Waals surface area contributed by atoms with Gasteiger partial charge in [-0.3, -0.25) is 0 Å². The fourth-order valence-electron chi connectivity index (χ4n) is 3.75. The van der Waals surface area contributed by atoms with Crippen LogP contribution in [0.3, 0.4) is 0 Å². The smallest absolute Gasteiger partial charge is 0.231 e. The molecule has 0 amide bonds. The molecule has 5 rings (SSSR count). The van der Waals surface area contributed by atoms with Gasteiger partial charge < -0.3 is 19.4 Å². The fraction of sp³-hybridized carbons (Fsp3) is 0.300.